The first-order valence-electron chi connectivity index (χ1n) is 10.9. The average Bonchev–Trinajstić information content (AvgIpc) is 2.80. The second kappa shape index (κ2) is 9.90. The normalized spacial score (nSPS) is 11.3. The van der Waals surface area contributed by atoms with Gasteiger partial charge in [-0.2, -0.15) is 8.78 Å². The lowest BCUT2D eigenvalue weighted by Gasteiger charge is -2.09. The second-order valence-corrected chi connectivity index (χ2v) is 7.95. The Morgan fingerprint density at radius 2 is 1.28 bits per heavy atom. The number of hydrogen-bond donors (Lipinski definition) is 0. The summed E-state index contributed by atoms with van der Waals surface area (Å²) in [4.78, 5) is 0. The maximum absolute atomic E-state index is 14.0. The Kier molecular flexibility index (Phi) is 6.79. The summed E-state index contributed by atoms with van der Waals surface area (Å²) in [5.41, 5.74) is 4.94. The number of aryl methyl sites for hydroxylation is 1. The van der Waals surface area contributed by atoms with Gasteiger partial charge in [0.05, 0.1) is 0 Å². The number of halogens is 3. The van der Waals surface area contributed by atoms with Crippen molar-refractivity contribution in [1.82, 2.24) is 0 Å². The van der Waals surface area contributed by atoms with Gasteiger partial charge in [-0.3, -0.25) is 0 Å². The smallest absolute Gasteiger partial charge is 0.387 e. The lowest BCUT2D eigenvalue weighted by Crippen LogP contribution is -2.03. The van der Waals surface area contributed by atoms with Gasteiger partial charge < -0.3 is 4.74 Å². The van der Waals surface area contributed by atoms with Crippen molar-refractivity contribution in [2.75, 3.05) is 0 Å². The number of ether oxygens (including phenoxy) is 1. The molecule has 0 unspecified atom stereocenters. The fourth-order valence-electron chi connectivity index (χ4n) is 3.94. The molecule has 0 saturated carbocycles. The third-order valence-electron chi connectivity index (χ3n) is 5.67. The Balaban J connectivity index is 1.53. The van der Waals surface area contributed by atoms with Gasteiger partial charge in [-0.15, -0.1) is 0 Å². The van der Waals surface area contributed by atoms with E-state index in [0.29, 0.717) is 5.56 Å². The Bertz CT molecular complexity index is 1200. The van der Waals surface area contributed by atoms with Crippen LogP contribution in [-0.2, 0) is 6.42 Å². The topological polar surface area (TPSA) is 9.23 Å². The maximum Gasteiger partial charge on any atom is 0.387 e. The number of unbranched alkanes of at least 4 members (excludes halogenated alkanes) is 2. The molecule has 164 valence electrons. The predicted molar refractivity (Wildman–Crippen MR) is 125 cm³/mol. The summed E-state index contributed by atoms with van der Waals surface area (Å²) in [6.07, 6.45) is 4.82. The number of alkyl halides is 2. The number of benzene rings is 4. The van der Waals surface area contributed by atoms with Crippen molar-refractivity contribution in [1.29, 1.82) is 0 Å². The maximum atomic E-state index is 14.0. The molecule has 0 radical (unpaired) electrons. The molecule has 4 aromatic carbocycles. The van der Waals surface area contributed by atoms with Crippen molar-refractivity contribution in [3.8, 4) is 28.0 Å². The van der Waals surface area contributed by atoms with E-state index in [2.05, 4.69) is 48.1 Å². The summed E-state index contributed by atoms with van der Waals surface area (Å²) in [6.45, 7) is -0.835. The molecule has 0 bridgehead atoms. The van der Waals surface area contributed by atoms with E-state index in [-0.39, 0.29) is 0 Å². The summed E-state index contributed by atoms with van der Waals surface area (Å²) in [7, 11) is 0. The first-order chi connectivity index (χ1) is 15.5. The molecule has 0 saturated heterocycles. The van der Waals surface area contributed by atoms with Gasteiger partial charge in [-0.05, 0) is 69.6 Å². The Morgan fingerprint density at radius 3 is 1.94 bits per heavy atom. The lowest BCUT2D eigenvalue weighted by atomic mass is 9.97. The molecule has 0 aromatic heterocycles. The minimum atomic E-state index is -3.05. The second-order valence-electron chi connectivity index (χ2n) is 7.95. The van der Waals surface area contributed by atoms with Gasteiger partial charge in [-0.25, -0.2) is 4.39 Å². The van der Waals surface area contributed by atoms with E-state index in [1.165, 1.54) is 47.7 Å². The first kappa shape index (κ1) is 21.9. The highest BCUT2D eigenvalue weighted by Gasteiger charge is 2.11. The molecule has 4 heteroatoms. The molecular weight excluding hydrogens is 409 g/mol. The lowest BCUT2D eigenvalue weighted by molar-refractivity contribution is -0.0521. The predicted octanol–water partition coefficient (Wildman–Crippen LogP) is 8.65. The molecule has 0 aliphatic heterocycles. The summed E-state index contributed by atoms with van der Waals surface area (Å²) in [5, 5.41) is 2.43. The molecule has 0 amide bonds. The molecule has 0 atom stereocenters. The van der Waals surface area contributed by atoms with Crippen LogP contribution in [0.25, 0.3) is 33.0 Å². The van der Waals surface area contributed by atoms with Crippen LogP contribution in [0.1, 0.15) is 31.7 Å². The van der Waals surface area contributed by atoms with Gasteiger partial charge in [-0.1, -0.05) is 80.4 Å². The number of fused-ring (bicyclic) bond motifs is 1. The largest absolute Gasteiger partial charge is 0.432 e. The number of hydrogen-bond acceptors (Lipinski definition) is 1. The number of rotatable bonds is 8. The van der Waals surface area contributed by atoms with Crippen molar-refractivity contribution in [3.05, 3.63) is 90.2 Å². The van der Waals surface area contributed by atoms with Gasteiger partial charge in [0, 0.05) is 0 Å². The van der Waals surface area contributed by atoms with Crippen LogP contribution in [0.5, 0.6) is 5.75 Å². The van der Waals surface area contributed by atoms with E-state index < -0.39 is 18.2 Å². The summed E-state index contributed by atoms with van der Waals surface area (Å²) in [6, 6.07) is 24.9. The zero-order valence-corrected chi connectivity index (χ0v) is 18.0. The van der Waals surface area contributed by atoms with Crippen LogP contribution in [0.4, 0.5) is 13.2 Å². The van der Waals surface area contributed by atoms with E-state index in [0.717, 1.165) is 23.1 Å². The molecule has 0 fully saturated rings. The van der Waals surface area contributed by atoms with Gasteiger partial charge >= 0.3 is 6.61 Å². The van der Waals surface area contributed by atoms with E-state index in [4.69, 9.17) is 0 Å². The fraction of sp³-hybridized carbons (Fsp3) is 0.214. The van der Waals surface area contributed by atoms with Gasteiger partial charge in [0.15, 0.2) is 11.6 Å². The van der Waals surface area contributed by atoms with Crippen LogP contribution >= 0.6 is 0 Å². The van der Waals surface area contributed by atoms with Crippen molar-refractivity contribution in [2.45, 2.75) is 39.2 Å². The minimum absolute atomic E-state index is 0.454. The van der Waals surface area contributed by atoms with Crippen LogP contribution in [0.3, 0.4) is 0 Å². The van der Waals surface area contributed by atoms with Gasteiger partial charge in [0.2, 0.25) is 0 Å². The fourth-order valence-corrected chi connectivity index (χ4v) is 3.94. The zero-order valence-electron chi connectivity index (χ0n) is 18.0. The molecule has 0 N–H and O–H groups in total. The summed E-state index contributed by atoms with van der Waals surface area (Å²) in [5.74, 6) is -1.26. The highest BCUT2D eigenvalue weighted by Crippen LogP contribution is 2.30. The Labute approximate surface area is 186 Å². The minimum Gasteiger partial charge on any atom is -0.432 e. The highest BCUT2D eigenvalue weighted by atomic mass is 19.3. The monoisotopic (exact) mass is 434 g/mol. The SMILES string of the molecule is CCCCCc1ccc2cc(-c3ccc(-c4ccc(OC(F)F)c(F)c4)cc3)ccc2c1. The first-order valence-corrected chi connectivity index (χ1v) is 10.9. The van der Waals surface area contributed by atoms with Crippen molar-refractivity contribution >= 4 is 10.8 Å². The van der Waals surface area contributed by atoms with Crippen molar-refractivity contribution < 1.29 is 17.9 Å². The van der Waals surface area contributed by atoms with Crippen LogP contribution in [0.15, 0.2) is 78.9 Å². The van der Waals surface area contributed by atoms with E-state index in [9.17, 15) is 13.2 Å². The van der Waals surface area contributed by atoms with Crippen LogP contribution in [0.2, 0.25) is 0 Å². The molecule has 4 rings (SSSR count). The van der Waals surface area contributed by atoms with Gasteiger partial charge in [0.25, 0.3) is 0 Å². The molecule has 0 aliphatic rings. The van der Waals surface area contributed by atoms with Crippen molar-refractivity contribution in [3.63, 3.8) is 0 Å². The summed E-state index contributed by atoms with van der Waals surface area (Å²) < 4.78 is 42.9. The molecular formula is C28H25F3O. The molecule has 0 aliphatic carbocycles. The van der Waals surface area contributed by atoms with E-state index >= 15 is 0 Å². The summed E-state index contributed by atoms with van der Waals surface area (Å²) >= 11 is 0. The molecule has 32 heavy (non-hydrogen) atoms. The van der Waals surface area contributed by atoms with Crippen LogP contribution in [-0.4, -0.2) is 6.61 Å². The standard InChI is InChI=1S/C28H25F3O/c1-2-3-4-5-19-6-7-24-17-23(13-12-22(24)16-19)20-8-10-21(11-9-20)25-14-15-27(26(29)18-25)32-28(30)31/h6-18,28H,2-5H2,1H3. The Morgan fingerprint density at radius 1 is 0.688 bits per heavy atom. The zero-order chi connectivity index (χ0) is 22.5. The average molecular weight is 435 g/mol. The van der Waals surface area contributed by atoms with Gasteiger partial charge in [0.1, 0.15) is 0 Å². The molecule has 0 spiro atoms. The third kappa shape index (κ3) is 5.13. The van der Waals surface area contributed by atoms with Crippen LogP contribution < -0.4 is 4.74 Å². The molecule has 1 nitrogen and oxygen atoms in total. The van der Waals surface area contributed by atoms with E-state index in [1.807, 2.05) is 24.3 Å². The third-order valence-corrected chi connectivity index (χ3v) is 5.67. The molecule has 0 heterocycles. The van der Waals surface area contributed by atoms with Crippen molar-refractivity contribution in [2.24, 2.45) is 0 Å². The molecule has 4 aromatic rings. The Hall–Kier alpha value is -3.27. The quantitative estimate of drug-likeness (QED) is 0.252. The van der Waals surface area contributed by atoms with E-state index in [1.54, 1.807) is 6.07 Å². The van der Waals surface area contributed by atoms with Crippen LogP contribution in [0, 0.1) is 5.82 Å². The highest BCUT2D eigenvalue weighted by molar-refractivity contribution is 5.88.